The molecule has 0 aliphatic carbocycles. The van der Waals surface area contributed by atoms with Crippen LogP contribution < -0.4 is 5.32 Å². The van der Waals surface area contributed by atoms with Gasteiger partial charge in [-0.2, -0.15) is 0 Å². The van der Waals surface area contributed by atoms with Gasteiger partial charge in [-0.05, 0) is 17.7 Å². The third-order valence-corrected chi connectivity index (χ3v) is 2.09. The lowest BCUT2D eigenvalue weighted by Gasteiger charge is -2.14. The van der Waals surface area contributed by atoms with Crippen LogP contribution in [0, 0.1) is 10.1 Å². The second kappa shape index (κ2) is 5.22. The number of nitro benzene ring substituents is 1. The number of carbonyl (C=O) groups is 1. The molecule has 0 aliphatic rings. The molecule has 0 bridgehead atoms. The summed E-state index contributed by atoms with van der Waals surface area (Å²) >= 11 is 0. The Morgan fingerprint density at radius 1 is 1.47 bits per heavy atom. The van der Waals surface area contributed by atoms with Gasteiger partial charge in [0.15, 0.2) is 0 Å². The fraction of sp³-hybridized carbons (Fsp3) is 0.182. The van der Waals surface area contributed by atoms with E-state index in [2.05, 4.69) is 11.9 Å². The van der Waals surface area contributed by atoms with E-state index in [1.807, 2.05) is 0 Å². The Hall–Kier alpha value is -2.21. The highest BCUT2D eigenvalue weighted by atomic mass is 16.6. The molecule has 6 heteroatoms. The summed E-state index contributed by atoms with van der Waals surface area (Å²) in [5, 5.41) is 22.6. The lowest BCUT2D eigenvalue weighted by molar-refractivity contribution is -0.384. The molecule has 0 aromatic heterocycles. The van der Waals surface area contributed by atoms with Gasteiger partial charge in [-0.3, -0.25) is 14.9 Å². The number of hydrogen-bond donors (Lipinski definition) is 2. The van der Waals surface area contributed by atoms with Crippen molar-refractivity contribution in [1.82, 2.24) is 5.32 Å². The zero-order valence-electron chi connectivity index (χ0n) is 9.21. The Bertz CT molecular complexity index is 453. The fourth-order valence-corrected chi connectivity index (χ4v) is 1.27. The zero-order chi connectivity index (χ0) is 13.0. The molecule has 90 valence electrons. The standard InChI is InChI=1S/C11H12N2O4/c1-7(12-8(2)14)11(15)9-3-5-10(6-4-9)13(16)17/h3-6,11,15H,1H2,2H3,(H,12,14)/t11-/m1/s1. The van der Waals surface area contributed by atoms with Crippen LogP contribution in [0.15, 0.2) is 36.5 Å². The minimum Gasteiger partial charge on any atom is -0.382 e. The SMILES string of the molecule is C=C(NC(C)=O)[C@@H](O)c1ccc([N+](=O)[O-])cc1. The summed E-state index contributed by atoms with van der Waals surface area (Å²) in [4.78, 5) is 20.7. The van der Waals surface area contributed by atoms with Gasteiger partial charge in [0.2, 0.25) is 5.91 Å². The van der Waals surface area contributed by atoms with Crippen molar-refractivity contribution < 1.29 is 14.8 Å². The quantitative estimate of drug-likeness (QED) is 0.608. The van der Waals surface area contributed by atoms with Crippen molar-refractivity contribution in [2.75, 3.05) is 0 Å². The number of rotatable bonds is 4. The number of nitrogens with zero attached hydrogens (tertiary/aromatic N) is 1. The van der Waals surface area contributed by atoms with Crippen molar-refractivity contribution in [1.29, 1.82) is 0 Å². The number of aliphatic hydroxyl groups is 1. The first kappa shape index (κ1) is 12.9. The minimum absolute atomic E-state index is 0.0638. The van der Waals surface area contributed by atoms with Crippen LogP contribution in [-0.2, 0) is 4.79 Å². The molecule has 0 unspecified atom stereocenters. The Morgan fingerprint density at radius 2 is 2.00 bits per heavy atom. The molecule has 1 amide bonds. The van der Waals surface area contributed by atoms with Gasteiger partial charge >= 0.3 is 0 Å². The number of aliphatic hydroxyl groups excluding tert-OH is 1. The topological polar surface area (TPSA) is 92.5 Å². The number of benzene rings is 1. The number of non-ortho nitro benzene ring substituents is 1. The van der Waals surface area contributed by atoms with E-state index < -0.39 is 11.0 Å². The highest BCUT2D eigenvalue weighted by Gasteiger charge is 2.14. The summed E-state index contributed by atoms with van der Waals surface area (Å²) in [6.07, 6.45) is -1.08. The maximum atomic E-state index is 10.8. The maximum Gasteiger partial charge on any atom is 0.269 e. The molecule has 0 heterocycles. The van der Waals surface area contributed by atoms with Crippen LogP contribution in [0.2, 0.25) is 0 Å². The van der Waals surface area contributed by atoms with Crippen LogP contribution in [0.4, 0.5) is 5.69 Å². The first-order valence-corrected chi connectivity index (χ1v) is 4.80. The molecule has 17 heavy (non-hydrogen) atoms. The van der Waals surface area contributed by atoms with E-state index in [0.29, 0.717) is 5.56 Å². The number of nitrogens with one attached hydrogen (secondary N) is 1. The Kier molecular flexibility index (Phi) is 3.95. The Balaban J connectivity index is 2.82. The van der Waals surface area contributed by atoms with Gasteiger partial charge in [0.1, 0.15) is 6.10 Å². The van der Waals surface area contributed by atoms with Crippen LogP contribution in [0.5, 0.6) is 0 Å². The second-order valence-corrected chi connectivity index (χ2v) is 3.46. The molecule has 1 rings (SSSR count). The molecule has 0 saturated heterocycles. The lowest BCUT2D eigenvalue weighted by Crippen LogP contribution is -2.22. The van der Waals surface area contributed by atoms with Crippen molar-refractivity contribution in [3.05, 3.63) is 52.2 Å². The van der Waals surface area contributed by atoms with Crippen molar-refractivity contribution in [2.24, 2.45) is 0 Å². The van der Waals surface area contributed by atoms with Crippen LogP contribution >= 0.6 is 0 Å². The summed E-state index contributed by atoms with van der Waals surface area (Å²) in [5.41, 5.74) is 0.492. The first-order chi connectivity index (χ1) is 7.91. The van der Waals surface area contributed by atoms with E-state index in [9.17, 15) is 20.0 Å². The van der Waals surface area contributed by atoms with Crippen molar-refractivity contribution >= 4 is 11.6 Å². The van der Waals surface area contributed by atoms with Crippen molar-refractivity contribution in [3.63, 3.8) is 0 Å². The van der Waals surface area contributed by atoms with Gasteiger partial charge in [-0.25, -0.2) is 0 Å². The predicted molar refractivity (Wildman–Crippen MR) is 61.0 cm³/mol. The smallest absolute Gasteiger partial charge is 0.269 e. The van der Waals surface area contributed by atoms with Gasteiger partial charge < -0.3 is 10.4 Å². The van der Waals surface area contributed by atoms with Gasteiger partial charge in [-0.1, -0.05) is 6.58 Å². The monoisotopic (exact) mass is 236 g/mol. The van der Waals surface area contributed by atoms with E-state index in [-0.39, 0.29) is 17.3 Å². The molecule has 1 aromatic rings. The maximum absolute atomic E-state index is 10.8. The fourth-order valence-electron chi connectivity index (χ4n) is 1.27. The van der Waals surface area contributed by atoms with Crippen LogP contribution in [-0.4, -0.2) is 15.9 Å². The summed E-state index contributed by atoms with van der Waals surface area (Å²) in [6, 6.07) is 5.38. The van der Waals surface area contributed by atoms with E-state index in [4.69, 9.17) is 0 Å². The highest BCUT2D eigenvalue weighted by Crippen LogP contribution is 2.21. The molecule has 2 N–H and O–H groups in total. The summed E-state index contributed by atoms with van der Waals surface area (Å²) < 4.78 is 0. The second-order valence-electron chi connectivity index (χ2n) is 3.46. The van der Waals surface area contributed by atoms with Crippen LogP contribution in [0.1, 0.15) is 18.6 Å². The third kappa shape index (κ3) is 3.39. The van der Waals surface area contributed by atoms with Crippen LogP contribution in [0.3, 0.4) is 0 Å². The van der Waals surface area contributed by atoms with Crippen molar-refractivity contribution in [3.8, 4) is 0 Å². The van der Waals surface area contributed by atoms with Gasteiger partial charge in [0, 0.05) is 24.8 Å². The molecule has 0 radical (unpaired) electrons. The molecular weight excluding hydrogens is 224 g/mol. The number of nitro groups is 1. The van der Waals surface area contributed by atoms with Crippen LogP contribution in [0.25, 0.3) is 0 Å². The number of hydrogen-bond acceptors (Lipinski definition) is 4. The van der Waals surface area contributed by atoms with Gasteiger partial charge in [0.25, 0.3) is 5.69 Å². The Labute approximate surface area is 97.7 Å². The lowest BCUT2D eigenvalue weighted by atomic mass is 10.1. The normalized spacial score (nSPS) is 11.6. The van der Waals surface area contributed by atoms with E-state index >= 15 is 0 Å². The minimum atomic E-state index is -1.08. The van der Waals surface area contributed by atoms with E-state index in [1.165, 1.54) is 31.2 Å². The summed E-state index contributed by atoms with van der Waals surface area (Å²) in [6.45, 7) is 4.81. The van der Waals surface area contributed by atoms with Crippen molar-refractivity contribution in [2.45, 2.75) is 13.0 Å². The number of carbonyl (C=O) groups excluding carboxylic acids is 1. The summed E-state index contributed by atoms with van der Waals surface area (Å²) in [5.74, 6) is -0.337. The number of amides is 1. The molecule has 0 saturated carbocycles. The molecule has 6 nitrogen and oxygen atoms in total. The molecule has 0 fully saturated rings. The van der Waals surface area contributed by atoms with Gasteiger partial charge in [-0.15, -0.1) is 0 Å². The first-order valence-electron chi connectivity index (χ1n) is 4.80. The Morgan fingerprint density at radius 3 is 2.41 bits per heavy atom. The third-order valence-electron chi connectivity index (χ3n) is 2.09. The van der Waals surface area contributed by atoms with Gasteiger partial charge in [0.05, 0.1) is 4.92 Å². The molecular formula is C11H12N2O4. The molecule has 1 atom stereocenters. The predicted octanol–water partition coefficient (Wildman–Crippen LogP) is 1.28. The summed E-state index contributed by atoms with van der Waals surface area (Å²) in [7, 11) is 0. The molecule has 0 spiro atoms. The van der Waals surface area contributed by atoms with E-state index in [0.717, 1.165) is 0 Å². The zero-order valence-corrected chi connectivity index (χ0v) is 9.21. The highest BCUT2D eigenvalue weighted by molar-refractivity contribution is 5.75. The molecule has 0 aliphatic heterocycles. The average Bonchev–Trinajstić information content (AvgIpc) is 2.27. The van der Waals surface area contributed by atoms with E-state index in [1.54, 1.807) is 0 Å². The average molecular weight is 236 g/mol. The largest absolute Gasteiger partial charge is 0.382 e. The molecule has 1 aromatic carbocycles.